The van der Waals surface area contributed by atoms with Crippen LogP contribution in [0.2, 0.25) is 0 Å². The van der Waals surface area contributed by atoms with E-state index in [0.717, 1.165) is 11.1 Å². The fourth-order valence-corrected chi connectivity index (χ4v) is 5.00. The summed E-state index contributed by atoms with van der Waals surface area (Å²) < 4.78 is 89.9. The van der Waals surface area contributed by atoms with Crippen LogP contribution in [0, 0.1) is 23.2 Å². The standard InChI is InChI=1S/C25H26F6O5/c1-15-11-17-9-10-23(21(32)35-13-24(26,27)28,22(33)36-14-25(29,30)31)12-20(17)19(15)8-5-16-3-6-18(34-2)7-4-16/h3-8,17,19-20H,1,9-14H2,2H3/b8-5+/t17-,19+,20+/m0/s1. The normalized spacial score (nSPS) is 23.9. The van der Waals surface area contributed by atoms with E-state index in [1.165, 1.54) is 7.11 Å². The average molecular weight is 520 g/mol. The van der Waals surface area contributed by atoms with E-state index in [1.807, 2.05) is 6.08 Å². The maximum Gasteiger partial charge on any atom is 0.422 e. The molecule has 0 saturated heterocycles. The molecule has 1 aromatic rings. The molecule has 2 aliphatic carbocycles. The molecule has 11 heteroatoms. The topological polar surface area (TPSA) is 61.8 Å². The van der Waals surface area contributed by atoms with E-state index in [0.29, 0.717) is 12.2 Å². The largest absolute Gasteiger partial charge is 0.497 e. The first kappa shape index (κ1) is 27.6. The lowest BCUT2D eigenvalue weighted by Gasteiger charge is -2.40. The van der Waals surface area contributed by atoms with Crippen molar-refractivity contribution >= 4 is 18.0 Å². The van der Waals surface area contributed by atoms with Crippen LogP contribution in [-0.4, -0.2) is 44.6 Å². The highest BCUT2D eigenvalue weighted by Crippen LogP contribution is 2.55. The van der Waals surface area contributed by atoms with Crippen LogP contribution in [0.1, 0.15) is 31.2 Å². The van der Waals surface area contributed by atoms with E-state index in [4.69, 9.17) is 4.74 Å². The lowest BCUT2D eigenvalue weighted by molar-refractivity contribution is -0.209. The van der Waals surface area contributed by atoms with E-state index in [1.54, 1.807) is 30.3 Å². The summed E-state index contributed by atoms with van der Waals surface area (Å²) in [6.07, 6.45) is -5.90. The number of halogens is 6. The van der Waals surface area contributed by atoms with Gasteiger partial charge in [-0.2, -0.15) is 26.3 Å². The molecular formula is C25H26F6O5. The smallest absolute Gasteiger partial charge is 0.422 e. The molecule has 3 atom stereocenters. The molecule has 5 nitrogen and oxygen atoms in total. The molecule has 3 rings (SSSR count). The number of rotatable bonds is 7. The van der Waals surface area contributed by atoms with Crippen LogP contribution in [0.4, 0.5) is 26.3 Å². The quantitative estimate of drug-likeness (QED) is 0.194. The highest BCUT2D eigenvalue weighted by atomic mass is 19.4. The molecule has 0 amide bonds. The van der Waals surface area contributed by atoms with Crippen LogP contribution in [0.3, 0.4) is 0 Å². The third kappa shape index (κ3) is 6.61. The van der Waals surface area contributed by atoms with Crippen LogP contribution in [0.5, 0.6) is 5.75 Å². The maximum atomic E-state index is 12.8. The van der Waals surface area contributed by atoms with Gasteiger partial charge in [0.1, 0.15) is 5.75 Å². The number of methoxy groups -OCH3 is 1. The third-order valence-corrected chi connectivity index (χ3v) is 6.72. The summed E-state index contributed by atoms with van der Waals surface area (Å²) in [5, 5.41) is 0. The van der Waals surface area contributed by atoms with Crippen molar-refractivity contribution in [2.45, 2.75) is 38.0 Å². The van der Waals surface area contributed by atoms with Gasteiger partial charge in [-0.3, -0.25) is 9.59 Å². The molecule has 0 spiro atoms. The SMILES string of the molecule is C=C1C[C@@H]2CCC(C(=O)OCC(F)(F)F)(C(=O)OCC(F)(F)F)C[C@H]2[C@@H]1/C=C/c1ccc(OC)cc1. The van der Waals surface area contributed by atoms with Crippen molar-refractivity contribution in [3.63, 3.8) is 0 Å². The Balaban J connectivity index is 1.86. The minimum Gasteiger partial charge on any atom is -0.497 e. The third-order valence-electron chi connectivity index (χ3n) is 6.72. The molecule has 1 aromatic carbocycles. The van der Waals surface area contributed by atoms with Crippen LogP contribution in [0.15, 0.2) is 42.5 Å². The van der Waals surface area contributed by atoms with Crippen molar-refractivity contribution in [1.29, 1.82) is 0 Å². The first-order valence-electron chi connectivity index (χ1n) is 11.2. The van der Waals surface area contributed by atoms with Gasteiger partial charge in [0.25, 0.3) is 0 Å². The lowest BCUT2D eigenvalue weighted by atomic mass is 9.64. The number of alkyl halides is 6. The monoisotopic (exact) mass is 520 g/mol. The number of allylic oxidation sites excluding steroid dienone is 2. The van der Waals surface area contributed by atoms with Crippen molar-refractivity contribution in [2.24, 2.45) is 23.2 Å². The Labute approximate surface area is 204 Å². The number of hydrogen-bond donors (Lipinski definition) is 0. The van der Waals surface area contributed by atoms with Crippen molar-refractivity contribution < 1.29 is 50.1 Å². The summed E-state index contributed by atoms with van der Waals surface area (Å²) in [6.45, 7) is 0.160. The van der Waals surface area contributed by atoms with Crippen molar-refractivity contribution in [3.05, 3.63) is 48.1 Å². The molecule has 2 aliphatic rings. The molecule has 198 valence electrons. The predicted molar refractivity (Wildman–Crippen MR) is 117 cm³/mol. The molecule has 0 aromatic heterocycles. The number of carbonyl (C=O) groups is 2. The fourth-order valence-electron chi connectivity index (χ4n) is 5.00. The fraction of sp³-hybridized carbons (Fsp3) is 0.520. The van der Waals surface area contributed by atoms with Crippen LogP contribution in [0.25, 0.3) is 6.08 Å². The second-order valence-corrected chi connectivity index (χ2v) is 9.15. The number of esters is 2. The minimum absolute atomic E-state index is 0.0398. The van der Waals surface area contributed by atoms with Gasteiger partial charge >= 0.3 is 24.3 Å². The minimum atomic E-state index is -4.87. The number of carbonyl (C=O) groups excluding carboxylic acids is 2. The van der Waals surface area contributed by atoms with Gasteiger partial charge in [-0.15, -0.1) is 0 Å². The molecule has 0 unspecified atom stereocenters. The van der Waals surface area contributed by atoms with Gasteiger partial charge in [-0.25, -0.2) is 0 Å². The van der Waals surface area contributed by atoms with Crippen molar-refractivity contribution in [3.8, 4) is 5.75 Å². The van der Waals surface area contributed by atoms with Crippen LogP contribution in [-0.2, 0) is 19.1 Å². The second kappa shape index (κ2) is 10.6. The number of hydrogen-bond acceptors (Lipinski definition) is 5. The summed E-state index contributed by atoms with van der Waals surface area (Å²) in [7, 11) is 1.53. The average Bonchev–Trinajstić information content (AvgIpc) is 3.12. The molecule has 0 bridgehead atoms. The molecule has 0 aliphatic heterocycles. The Morgan fingerprint density at radius 1 is 1.03 bits per heavy atom. The van der Waals surface area contributed by atoms with E-state index in [-0.39, 0.29) is 31.1 Å². The van der Waals surface area contributed by atoms with Gasteiger partial charge in [0.05, 0.1) is 7.11 Å². The first-order valence-corrected chi connectivity index (χ1v) is 11.2. The highest BCUT2D eigenvalue weighted by Gasteiger charge is 2.57. The van der Waals surface area contributed by atoms with Gasteiger partial charge in [-0.1, -0.05) is 36.4 Å². The van der Waals surface area contributed by atoms with E-state index >= 15 is 0 Å². The zero-order valence-electron chi connectivity index (χ0n) is 19.5. The Hall–Kier alpha value is -2.98. The molecule has 36 heavy (non-hydrogen) atoms. The highest BCUT2D eigenvalue weighted by molar-refractivity contribution is 6.00. The second-order valence-electron chi connectivity index (χ2n) is 9.15. The Morgan fingerprint density at radius 2 is 1.58 bits per heavy atom. The summed E-state index contributed by atoms with van der Waals surface area (Å²) in [5.74, 6) is -3.20. The Bertz CT molecular complexity index is 966. The van der Waals surface area contributed by atoms with Crippen LogP contribution < -0.4 is 4.74 Å². The molecule has 0 heterocycles. The predicted octanol–water partition coefficient (Wildman–Crippen LogP) is 5.90. The maximum absolute atomic E-state index is 12.8. The Kier molecular flexibility index (Phi) is 8.10. The van der Waals surface area contributed by atoms with Gasteiger partial charge in [0.15, 0.2) is 18.6 Å². The van der Waals surface area contributed by atoms with Gasteiger partial charge in [0.2, 0.25) is 0 Å². The summed E-state index contributed by atoms with van der Waals surface area (Å²) >= 11 is 0. The van der Waals surface area contributed by atoms with E-state index in [2.05, 4.69) is 16.1 Å². The van der Waals surface area contributed by atoms with Crippen molar-refractivity contribution in [1.82, 2.24) is 0 Å². The summed E-state index contributed by atoms with van der Waals surface area (Å²) in [4.78, 5) is 25.6. The lowest BCUT2D eigenvalue weighted by Crippen LogP contribution is -2.48. The van der Waals surface area contributed by atoms with Crippen molar-refractivity contribution in [2.75, 3.05) is 20.3 Å². The zero-order chi connectivity index (χ0) is 26.7. The molecule has 0 radical (unpaired) electrons. The number of fused-ring (bicyclic) bond motifs is 1. The summed E-state index contributed by atoms with van der Waals surface area (Å²) in [6, 6.07) is 7.12. The molecule has 2 fully saturated rings. The summed E-state index contributed by atoms with van der Waals surface area (Å²) in [5.41, 5.74) is -0.643. The van der Waals surface area contributed by atoms with E-state index in [9.17, 15) is 35.9 Å². The Morgan fingerprint density at radius 3 is 2.08 bits per heavy atom. The van der Waals surface area contributed by atoms with Gasteiger partial charge in [-0.05, 0) is 55.2 Å². The van der Waals surface area contributed by atoms with Gasteiger partial charge in [0, 0.05) is 5.92 Å². The molecule has 0 N–H and O–H groups in total. The van der Waals surface area contributed by atoms with Gasteiger partial charge < -0.3 is 14.2 Å². The van der Waals surface area contributed by atoms with Crippen LogP contribution >= 0.6 is 0 Å². The first-order chi connectivity index (χ1) is 16.7. The van der Waals surface area contributed by atoms with E-state index < -0.39 is 48.8 Å². The molecule has 2 saturated carbocycles. The zero-order valence-corrected chi connectivity index (χ0v) is 19.5. The molecular weight excluding hydrogens is 494 g/mol. The number of benzene rings is 1. The number of ether oxygens (including phenoxy) is 3.